The van der Waals surface area contributed by atoms with Crippen molar-refractivity contribution in [3.05, 3.63) is 53.0 Å². The number of nitrogens with one attached hydrogen (secondary N) is 1. The van der Waals surface area contributed by atoms with Gasteiger partial charge in [0.15, 0.2) is 0 Å². The third kappa shape index (κ3) is 3.05. The molecular formula is C17H23NO2. The number of aryl methyl sites for hydroxylation is 2. The van der Waals surface area contributed by atoms with Gasteiger partial charge in [0, 0.05) is 5.56 Å². The van der Waals surface area contributed by atoms with Gasteiger partial charge < -0.3 is 14.5 Å². The molecule has 0 bridgehead atoms. The Morgan fingerprint density at radius 3 is 2.55 bits per heavy atom. The highest BCUT2D eigenvalue weighted by Crippen LogP contribution is 2.29. The van der Waals surface area contributed by atoms with Crippen LogP contribution in [0.15, 0.2) is 34.9 Å². The Kier molecular flexibility index (Phi) is 4.85. The van der Waals surface area contributed by atoms with E-state index in [0.717, 1.165) is 24.5 Å². The van der Waals surface area contributed by atoms with Crippen molar-refractivity contribution in [3.63, 3.8) is 0 Å². The second-order valence-electron chi connectivity index (χ2n) is 5.04. The van der Waals surface area contributed by atoms with E-state index in [2.05, 4.69) is 31.3 Å². The lowest BCUT2D eigenvalue weighted by Gasteiger charge is -2.21. The minimum atomic E-state index is 0.166. The van der Waals surface area contributed by atoms with Crippen molar-refractivity contribution in [1.29, 1.82) is 0 Å². The molecule has 0 aliphatic carbocycles. The molecule has 0 saturated heterocycles. The fourth-order valence-electron chi connectivity index (χ4n) is 2.47. The molecule has 1 aromatic carbocycles. The number of furan rings is 1. The first-order valence-electron chi connectivity index (χ1n) is 7.09. The fourth-order valence-corrected chi connectivity index (χ4v) is 2.47. The number of ether oxygens (including phenoxy) is 1. The molecule has 0 saturated carbocycles. The summed E-state index contributed by atoms with van der Waals surface area (Å²) in [5.74, 6) is 1.86. The molecule has 0 amide bonds. The molecule has 3 nitrogen and oxygen atoms in total. The molecule has 1 N–H and O–H groups in total. The third-order valence-corrected chi connectivity index (χ3v) is 3.60. The largest absolute Gasteiger partial charge is 0.497 e. The zero-order chi connectivity index (χ0) is 14.5. The van der Waals surface area contributed by atoms with Gasteiger partial charge in [-0.25, -0.2) is 0 Å². The van der Waals surface area contributed by atoms with E-state index < -0.39 is 0 Å². The molecule has 1 unspecified atom stereocenters. The van der Waals surface area contributed by atoms with Crippen LogP contribution in [0.4, 0.5) is 0 Å². The number of hydrogen-bond donors (Lipinski definition) is 1. The highest BCUT2D eigenvalue weighted by molar-refractivity contribution is 5.41. The van der Waals surface area contributed by atoms with Crippen molar-refractivity contribution >= 4 is 0 Å². The SMILES string of the molecule is CCCNC(c1ccc(OC)cc1C)c1ccoc1C. The van der Waals surface area contributed by atoms with Crippen molar-refractivity contribution in [2.45, 2.75) is 33.2 Å². The van der Waals surface area contributed by atoms with Crippen molar-refractivity contribution in [3.8, 4) is 5.75 Å². The van der Waals surface area contributed by atoms with Gasteiger partial charge >= 0.3 is 0 Å². The van der Waals surface area contributed by atoms with Gasteiger partial charge in [-0.2, -0.15) is 0 Å². The van der Waals surface area contributed by atoms with E-state index in [4.69, 9.17) is 9.15 Å². The molecule has 20 heavy (non-hydrogen) atoms. The Hall–Kier alpha value is -1.74. The van der Waals surface area contributed by atoms with Crippen molar-refractivity contribution in [2.24, 2.45) is 0 Å². The summed E-state index contributed by atoms with van der Waals surface area (Å²) < 4.78 is 10.8. The molecule has 2 rings (SSSR count). The van der Waals surface area contributed by atoms with Crippen LogP contribution >= 0.6 is 0 Å². The maximum absolute atomic E-state index is 5.47. The van der Waals surface area contributed by atoms with Gasteiger partial charge in [-0.05, 0) is 56.1 Å². The summed E-state index contributed by atoms with van der Waals surface area (Å²) in [5, 5.41) is 3.61. The third-order valence-electron chi connectivity index (χ3n) is 3.60. The van der Waals surface area contributed by atoms with Crippen molar-refractivity contribution in [1.82, 2.24) is 5.32 Å². The van der Waals surface area contributed by atoms with Crippen LogP contribution in [0.3, 0.4) is 0 Å². The Morgan fingerprint density at radius 1 is 1.20 bits per heavy atom. The normalized spacial score (nSPS) is 12.4. The average Bonchev–Trinajstić information content (AvgIpc) is 2.87. The number of benzene rings is 1. The average molecular weight is 273 g/mol. The minimum Gasteiger partial charge on any atom is -0.497 e. The quantitative estimate of drug-likeness (QED) is 0.864. The summed E-state index contributed by atoms with van der Waals surface area (Å²) in [6.45, 7) is 7.27. The first-order chi connectivity index (χ1) is 9.67. The maximum atomic E-state index is 5.47. The molecule has 0 aliphatic heterocycles. The molecule has 1 aromatic heterocycles. The van der Waals surface area contributed by atoms with Crippen LogP contribution in [0.2, 0.25) is 0 Å². The van der Waals surface area contributed by atoms with Crippen LogP contribution in [0.5, 0.6) is 5.75 Å². The first kappa shape index (κ1) is 14.7. The van der Waals surface area contributed by atoms with Crippen LogP contribution in [0.1, 0.15) is 41.8 Å². The van der Waals surface area contributed by atoms with Gasteiger partial charge in [-0.3, -0.25) is 0 Å². The molecule has 0 aliphatic rings. The molecule has 0 radical (unpaired) electrons. The van der Waals surface area contributed by atoms with Crippen LogP contribution in [0, 0.1) is 13.8 Å². The van der Waals surface area contributed by atoms with Crippen LogP contribution in [0.25, 0.3) is 0 Å². The highest BCUT2D eigenvalue weighted by atomic mass is 16.5. The molecular weight excluding hydrogens is 250 g/mol. The summed E-state index contributed by atoms with van der Waals surface area (Å²) in [6, 6.07) is 8.43. The lowest BCUT2D eigenvalue weighted by atomic mass is 9.95. The lowest BCUT2D eigenvalue weighted by molar-refractivity contribution is 0.414. The Bertz CT molecular complexity index is 560. The van der Waals surface area contributed by atoms with Gasteiger partial charge in [-0.1, -0.05) is 13.0 Å². The summed E-state index contributed by atoms with van der Waals surface area (Å²) in [5.41, 5.74) is 3.69. The molecule has 3 heteroatoms. The minimum absolute atomic E-state index is 0.166. The molecule has 1 heterocycles. The topological polar surface area (TPSA) is 34.4 Å². The maximum Gasteiger partial charge on any atom is 0.119 e. The van der Waals surface area contributed by atoms with Gasteiger partial charge in [0.2, 0.25) is 0 Å². The zero-order valence-corrected chi connectivity index (χ0v) is 12.7. The smallest absolute Gasteiger partial charge is 0.119 e. The second kappa shape index (κ2) is 6.62. The number of methoxy groups -OCH3 is 1. The van der Waals surface area contributed by atoms with E-state index in [-0.39, 0.29) is 6.04 Å². The predicted molar refractivity (Wildman–Crippen MR) is 81.3 cm³/mol. The summed E-state index contributed by atoms with van der Waals surface area (Å²) in [7, 11) is 1.70. The fraction of sp³-hybridized carbons (Fsp3) is 0.412. The number of hydrogen-bond acceptors (Lipinski definition) is 3. The van der Waals surface area contributed by atoms with Gasteiger partial charge in [0.1, 0.15) is 11.5 Å². The van der Waals surface area contributed by atoms with Crippen LogP contribution in [-0.2, 0) is 0 Å². The van der Waals surface area contributed by atoms with Crippen molar-refractivity contribution in [2.75, 3.05) is 13.7 Å². The van der Waals surface area contributed by atoms with Gasteiger partial charge in [0.05, 0.1) is 19.4 Å². The molecule has 0 spiro atoms. The van der Waals surface area contributed by atoms with Crippen molar-refractivity contribution < 1.29 is 9.15 Å². The Labute approximate surface area is 121 Å². The van der Waals surface area contributed by atoms with Crippen LogP contribution in [-0.4, -0.2) is 13.7 Å². The molecule has 1 atom stereocenters. The standard InChI is InChI=1S/C17H23NO2/c1-5-9-18-17(16-8-10-20-13(16)3)15-7-6-14(19-4)11-12(15)2/h6-8,10-11,17-18H,5,9H2,1-4H3. The Morgan fingerprint density at radius 2 is 2.00 bits per heavy atom. The van der Waals surface area contributed by atoms with Crippen LogP contribution < -0.4 is 10.1 Å². The monoisotopic (exact) mass is 273 g/mol. The lowest BCUT2D eigenvalue weighted by Crippen LogP contribution is -2.24. The predicted octanol–water partition coefficient (Wildman–Crippen LogP) is 3.99. The summed E-state index contributed by atoms with van der Waals surface area (Å²) >= 11 is 0. The molecule has 108 valence electrons. The van der Waals surface area contributed by atoms with Gasteiger partial charge in [0.25, 0.3) is 0 Å². The molecule has 0 fully saturated rings. The molecule has 2 aromatic rings. The van der Waals surface area contributed by atoms with E-state index in [9.17, 15) is 0 Å². The first-order valence-corrected chi connectivity index (χ1v) is 7.09. The van der Waals surface area contributed by atoms with Gasteiger partial charge in [-0.15, -0.1) is 0 Å². The van der Waals surface area contributed by atoms with E-state index in [1.54, 1.807) is 13.4 Å². The Balaban J connectivity index is 2.38. The highest BCUT2D eigenvalue weighted by Gasteiger charge is 2.19. The van der Waals surface area contributed by atoms with E-state index in [1.807, 2.05) is 19.1 Å². The van der Waals surface area contributed by atoms with E-state index in [0.29, 0.717) is 0 Å². The summed E-state index contributed by atoms with van der Waals surface area (Å²) in [4.78, 5) is 0. The number of rotatable bonds is 6. The van der Waals surface area contributed by atoms with E-state index in [1.165, 1.54) is 16.7 Å². The van der Waals surface area contributed by atoms with E-state index >= 15 is 0 Å². The summed E-state index contributed by atoms with van der Waals surface area (Å²) in [6.07, 6.45) is 2.85. The second-order valence-corrected chi connectivity index (χ2v) is 5.04. The zero-order valence-electron chi connectivity index (χ0n) is 12.7.